The van der Waals surface area contributed by atoms with Gasteiger partial charge < -0.3 is 28.3 Å². The molecule has 0 N–H and O–H groups in total. The third-order valence-electron chi connectivity index (χ3n) is 5.74. The topological polar surface area (TPSA) is 119 Å². The molecule has 0 radical (unpaired) electrons. The molecule has 2 aromatic carbocycles. The van der Waals surface area contributed by atoms with Gasteiger partial charge in [0.05, 0.1) is 38.9 Å². The van der Waals surface area contributed by atoms with Crippen molar-refractivity contribution in [1.82, 2.24) is 4.57 Å². The van der Waals surface area contributed by atoms with Crippen LogP contribution in [-0.2, 0) is 26.0 Å². The summed E-state index contributed by atoms with van der Waals surface area (Å²) in [7, 11) is 2.48. The Labute approximate surface area is 215 Å². The number of nitrogens with zero attached hydrogens (tertiary/aromatic N) is 1. The Kier molecular flexibility index (Phi) is 8.61. The number of carbonyl (C=O) groups is 2. The van der Waals surface area contributed by atoms with Crippen LogP contribution in [0.3, 0.4) is 0 Å². The Morgan fingerprint density at radius 2 is 1.46 bits per heavy atom. The molecule has 0 amide bonds. The molecule has 37 heavy (non-hydrogen) atoms. The van der Waals surface area contributed by atoms with Crippen molar-refractivity contribution in [2.24, 2.45) is 0 Å². The molecule has 0 aliphatic rings. The molecule has 1 atom stereocenters. The zero-order valence-corrected chi connectivity index (χ0v) is 22.2. The van der Waals surface area contributed by atoms with Crippen LogP contribution in [0.25, 0.3) is 0 Å². The third kappa shape index (κ3) is 5.47. The van der Waals surface area contributed by atoms with Gasteiger partial charge in [-0.3, -0.25) is 4.79 Å². The van der Waals surface area contributed by atoms with Gasteiger partial charge in [0.15, 0.2) is 32.4 Å². The van der Waals surface area contributed by atoms with Gasteiger partial charge in [0.25, 0.3) is 0 Å². The maximum atomic E-state index is 14.1. The summed E-state index contributed by atoms with van der Waals surface area (Å²) in [4.78, 5) is 26.3. The SMILES string of the molecule is COCn1cc(C(=O)OC)cc1C(C(=O)c1cc(OC)c(OC)c(OC)c1)S(=O)(=O)c1ccc(C)cc1. The first-order valence-corrected chi connectivity index (χ1v) is 12.6. The van der Waals surface area contributed by atoms with Crippen molar-refractivity contribution in [1.29, 1.82) is 0 Å². The van der Waals surface area contributed by atoms with Gasteiger partial charge in [-0.15, -0.1) is 0 Å². The average Bonchev–Trinajstić information content (AvgIpc) is 3.30. The van der Waals surface area contributed by atoms with Crippen LogP contribution >= 0.6 is 0 Å². The molecule has 1 unspecified atom stereocenters. The Morgan fingerprint density at radius 3 is 1.95 bits per heavy atom. The minimum atomic E-state index is -4.32. The number of ether oxygens (including phenoxy) is 5. The summed E-state index contributed by atoms with van der Waals surface area (Å²) in [6.07, 6.45) is 1.38. The van der Waals surface area contributed by atoms with Crippen molar-refractivity contribution in [2.75, 3.05) is 35.5 Å². The van der Waals surface area contributed by atoms with Crippen molar-refractivity contribution in [3.05, 3.63) is 71.0 Å². The Balaban J connectivity index is 2.31. The third-order valence-corrected chi connectivity index (χ3v) is 7.74. The molecule has 10 nitrogen and oxygen atoms in total. The normalized spacial score (nSPS) is 12.1. The van der Waals surface area contributed by atoms with E-state index in [1.165, 1.54) is 76.6 Å². The number of hydrogen-bond acceptors (Lipinski definition) is 9. The second kappa shape index (κ2) is 11.5. The summed E-state index contributed by atoms with van der Waals surface area (Å²) in [6.45, 7) is 1.70. The molecule has 11 heteroatoms. The molecule has 1 heterocycles. The van der Waals surface area contributed by atoms with Crippen LogP contribution in [0.2, 0.25) is 0 Å². The fourth-order valence-corrected chi connectivity index (χ4v) is 5.63. The summed E-state index contributed by atoms with van der Waals surface area (Å²) < 4.78 is 55.5. The van der Waals surface area contributed by atoms with Gasteiger partial charge in [-0.05, 0) is 37.3 Å². The van der Waals surface area contributed by atoms with Crippen molar-refractivity contribution < 1.29 is 41.7 Å². The van der Waals surface area contributed by atoms with E-state index in [9.17, 15) is 18.0 Å². The molecule has 1 aromatic heterocycles. The molecule has 0 spiro atoms. The highest BCUT2D eigenvalue weighted by Gasteiger charge is 2.39. The maximum Gasteiger partial charge on any atom is 0.339 e. The van der Waals surface area contributed by atoms with E-state index in [1.807, 2.05) is 6.92 Å². The van der Waals surface area contributed by atoms with Gasteiger partial charge in [-0.1, -0.05) is 17.7 Å². The Bertz CT molecular complexity index is 1370. The number of Topliss-reactive ketones (excluding diaryl/α,β-unsaturated/α-hetero) is 1. The van der Waals surface area contributed by atoms with E-state index in [4.69, 9.17) is 23.7 Å². The second-order valence-electron chi connectivity index (χ2n) is 8.05. The fraction of sp³-hybridized carbons (Fsp3) is 0.308. The van der Waals surface area contributed by atoms with Crippen molar-refractivity contribution >= 4 is 21.6 Å². The number of rotatable bonds is 11. The molecule has 3 aromatic rings. The lowest BCUT2D eigenvalue weighted by atomic mass is 10.0. The van der Waals surface area contributed by atoms with Crippen molar-refractivity contribution in [2.45, 2.75) is 23.8 Å². The van der Waals surface area contributed by atoms with Gasteiger partial charge in [0.2, 0.25) is 5.75 Å². The van der Waals surface area contributed by atoms with Crippen LogP contribution in [0.15, 0.2) is 53.6 Å². The first-order valence-electron chi connectivity index (χ1n) is 11.0. The molecule has 198 valence electrons. The van der Waals surface area contributed by atoms with Gasteiger partial charge in [0.1, 0.15) is 6.73 Å². The highest BCUT2D eigenvalue weighted by Crippen LogP contribution is 2.41. The largest absolute Gasteiger partial charge is 0.493 e. The number of methoxy groups -OCH3 is 5. The zero-order valence-electron chi connectivity index (χ0n) is 21.4. The van der Waals surface area contributed by atoms with E-state index < -0.39 is 26.8 Å². The van der Waals surface area contributed by atoms with E-state index >= 15 is 0 Å². The minimum absolute atomic E-state index is 0.0000263. The fourth-order valence-electron chi connectivity index (χ4n) is 3.90. The van der Waals surface area contributed by atoms with Gasteiger partial charge in [-0.2, -0.15) is 0 Å². The van der Waals surface area contributed by atoms with Crippen molar-refractivity contribution in [3.63, 3.8) is 0 Å². The Hall–Kier alpha value is -3.83. The quantitative estimate of drug-likeness (QED) is 0.270. The Morgan fingerprint density at radius 1 is 0.865 bits per heavy atom. The van der Waals surface area contributed by atoms with Crippen LogP contribution in [-0.4, -0.2) is 60.3 Å². The number of ketones is 1. The molecular weight excluding hydrogens is 502 g/mol. The summed E-state index contributed by atoms with van der Waals surface area (Å²) in [5.41, 5.74) is 0.945. The van der Waals surface area contributed by atoms with Crippen LogP contribution in [0.4, 0.5) is 0 Å². The summed E-state index contributed by atoms with van der Waals surface area (Å²) >= 11 is 0. The van der Waals surface area contributed by atoms with E-state index in [1.54, 1.807) is 12.1 Å². The monoisotopic (exact) mass is 531 g/mol. The number of carbonyl (C=O) groups excluding carboxylic acids is 2. The smallest absolute Gasteiger partial charge is 0.339 e. The van der Waals surface area contributed by atoms with Crippen LogP contribution in [0.1, 0.15) is 37.2 Å². The molecule has 0 fully saturated rings. The number of benzene rings is 2. The number of esters is 1. The second-order valence-corrected chi connectivity index (χ2v) is 10.1. The lowest BCUT2D eigenvalue weighted by molar-refractivity contribution is 0.0599. The number of sulfone groups is 1. The lowest BCUT2D eigenvalue weighted by Crippen LogP contribution is -2.26. The first-order chi connectivity index (χ1) is 17.6. The van der Waals surface area contributed by atoms with Crippen LogP contribution < -0.4 is 14.2 Å². The zero-order chi connectivity index (χ0) is 27.3. The van der Waals surface area contributed by atoms with Gasteiger partial charge >= 0.3 is 5.97 Å². The molecule has 0 saturated heterocycles. The van der Waals surface area contributed by atoms with Gasteiger partial charge in [-0.25, -0.2) is 13.2 Å². The molecular formula is C26H29NO9S. The summed E-state index contributed by atoms with van der Waals surface area (Å²) in [5.74, 6) is -0.858. The van der Waals surface area contributed by atoms with E-state index in [0.717, 1.165) is 5.56 Å². The predicted molar refractivity (Wildman–Crippen MR) is 134 cm³/mol. The number of aryl methyl sites for hydroxylation is 1. The highest BCUT2D eigenvalue weighted by molar-refractivity contribution is 7.92. The van der Waals surface area contributed by atoms with E-state index in [-0.39, 0.29) is 45.7 Å². The maximum absolute atomic E-state index is 14.1. The van der Waals surface area contributed by atoms with Crippen LogP contribution in [0, 0.1) is 6.92 Å². The first kappa shape index (κ1) is 27.8. The van der Waals surface area contributed by atoms with Gasteiger partial charge in [0, 0.05) is 24.6 Å². The molecule has 0 aliphatic carbocycles. The summed E-state index contributed by atoms with van der Waals surface area (Å²) in [6, 6.07) is 10.2. The molecule has 0 aliphatic heterocycles. The molecule has 0 saturated carbocycles. The predicted octanol–water partition coefficient (Wildman–Crippen LogP) is 3.61. The van der Waals surface area contributed by atoms with E-state index in [2.05, 4.69) is 0 Å². The highest BCUT2D eigenvalue weighted by atomic mass is 32.2. The number of hydrogen-bond donors (Lipinski definition) is 0. The van der Waals surface area contributed by atoms with Crippen molar-refractivity contribution in [3.8, 4) is 17.2 Å². The minimum Gasteiger partial charge on any atom is -0.493 e. The van der Waals surface area contributed by atoms with E-state index in [0.29, 0.717) is 0 Å². The average molecular weight is 532 g/mol. The standard InChI is InChI=1S/C26H29NO9S/c1-16-7-9-19(10-8-16)37(30,31)25(20-11-18(26(29)36-6)14-27(20)15-32-2)23(28)17-12-21(33-3)24(35-5)22(13-17)34-4/h7-14,25H,15H2,1-6H3. The van der Waals surface area contributed by atoms with Crippen LogP contribution in [0.5, 0.6) is 17.2 Å². The lowest BCUT2D eigenvalue weighted by Gasteiger charge is -2.21. The molecule has 0 bridgehead atoms. The summed E-state index contributed by atoms with van der Waals surface area (Å²) in [5, 5.41) is -1.74. The number of aromatic nitrogens is 1. The molecule has 3 rings (SSSR count).